The Morgan fingerprint density at radius 2 is 1.76 bits per heavy atom. The predicted octanol–water partition coefficient (Wildman–Crippen LogP) is 2.75. The third-order valence-electron chi connectivity index (χ3n) is 4.23. The second-order valence-electron chi connectivity index (χ2n) is 6.30. The normalized spacial score (nSPS) is 17.9. The molecule has 0 radical (unpaired) electrons. The van der Waals surface area contributed by atoms with Gasteiger partial charge in [0, 0.05) is 12.6 Å². The summed E-state index contributed by atoms with van der Waals surface area (Å²) in [6.07, 6.45) is 4.77. The average molecular weight is 290 g/mol. The fourth-order valence-electron chi connectivity index (χ4n) is 3.07. The zero-order chi connectivity index (χ0) is 15.1. The van der Waals surface area contributed by atoms with E-state index in [4.69, 9.17) is 0 Å². The highest BCUT2D eigenvalue weighted by Gasteiger charge is 2.38. The van der Waals surface area contributed by atoms with Crippen LogP contribution < -0.4 is 5.32 Å². The van der Waals surface area contributed by atoms with E-state index in [0.717, 1.165) is 32.5 Å². The van der Waals surface area contributed by atoms with Crippen LogP contribution in [0.15, 0.2) is 30.3 Å². The number of nitrogens with zero attached hydrogens (tertiary/aromatic N) is 1. The molecule has 1 unspecified atom stereocenters. The van der Waals surface area contributed by atoms with Crippen LogP contribution in [0.1, 0.15) is 45.1 Å². The lowest BCUT2D eigenvalue weighted by Crippen LogP contribution is -2.54. The van der Waals surface area contributed by atoms with Crippen molar-refractivity contribution in [2.24, 2.45) is 0 Å². The zero-order valence-electron chi connectivity index (χ0n) is 13.5. The highest BCUT2D eigenvalue weighted by molar-refractivity contribution is 5.26. The summed E-state index contributed by atoms with van der Waals surface area (Å²) in [4.78, 5) is 2.48. The number of rotatable bonds is 10. The van der Waals surface area contributed by atoms with Crippen LogP contribution in [-0.2, 0) is 5.54 Å². The van der Waals surface area contributed by atoms with Crippen LogP contribution in [-0.4, -0.2) is 42.3 Å². The van der Waals surface area contributed by atoms with Gasteiger partial charge in [0.05, 0.1) is 12.1 Å². The van der Waals surface area contributed by atoms with Crippen molar-refractivity contribution in [3.8, 4) is 0 Å². The molecule has 3 nitrogen and oxygen atoms in total. The lowest BCUT2D eigenvalue weighted by atomic mass is 9.89. The second-order valence-corrected chi connectivity index (χ2v) is 6.30. The van der Waals surface area contributed by atoms with Gasteiger partial charge in [0.1, 0.15) is 0 Å². The van der Waals surface area contributed by atoms with E-state index in [-0.39, 0.29) is 12.1 Å². The van der Waals surface area contributed by atoms with Gasteiger partial charge < -0.3 is 15.3 Å². The lowest BCUT2D eigenvalue weighted by molar-refractivity contribution is 0.104. The summed E-state index contributed by atoms with van der Waals surface area (Å²) in [6, 6.07) is 11.0. The van der Waals surface area contributed by atoms with E-state index in [1.54, 1.807) is 0 Å². The maximum atomic E-state index is 10.2. The summed E-state index contributed by atoms with van der Waals surface area (Å²) in [7, 11) is 0. The Morgan fingerprint density at radius 1 is 1.14 bits per heavy atom. The largest absolute Gasteiger partial charge is 0.394 e. The summed E-state index contributed by atoms with van der Waals surface area (Å²) in [5.41, 5.74) is 0.879. The minimum absolute atomic E-state index is 0.150. The topological polar surface area (TPSA) is 35.5 Å². The standard InChI is InChI=1S/C18H30N2O/c1-3-12-20(13-4-2)14-18(15-21,19-17-10-11-17)16-8-6-5-7-9-16/h5-9,17,19,21H,3-4,10-15H2,1-2H3. The molecule has 0 heterocycles. The summed E-state index contributed by atoms with van der Waals surface area (Å²) in [5.74, 6) is 0. The first kappa shape index (κ1) is 16.5. The van der Waals surface area contributed by atoms with E-state index in [1.165, 1.54) is 18.4 Å². The average Bonchev–Trinajstić information content (AvgIpc) is 3.32. The Morgan fingerprint density at radius 3 is 2.24 bits per heavy atom. The SMILES string of the molecule is CCCN(CCC)CC(CO)(NC1CC1)c1ccccc1. The Kier molecular flexibility index (Phi) is 6.22. The molecule has 118 valence electrons. The molecule has 1 saturated carbocycles. The predicted molar refractivity (Wildman–Crippen MR) is 88.4 cm³/mol. The minimum Gasteiger partial charge on any atom is -0.394 e. The Balaban J connectivity index is 2.20. The van der Waals surface area contributed by atoms with Crippen molar-refractivity contribution in [3.63, 3.8) is 0 Å². The van der Waals surface area contributed by atoms with Crippen LogP contribution in [0, 0.1) is 0 Å². The molecule has 1 atom stereocenters. The molecule has 1 aromatic rings. The van der Waals surface area contributed by atoms with E-state index in [9.17, 15) is 5.11 Å². The molecule has 0 amide bonds. The van der Waals surface area contributed by atoms with Crippen molar-refractivity contribution in [2.75, 3.05) is 26.2 Å². The maximum Gasteiger partial charge on any atom is 0.0799 e. The van der Waals surface area contributed by atoms with Gasteiger partial charge in [-0.2, -0.15) is 0 Å². The van der Waals surface area contributed by atoms with Crippen molar-refractivity contribution in [2.45, 2.75) is 51.1 Å². The maximum absolute atomic E-state index is 10.2. The highest BCUT2D eigenvalue weighted by Crippen LogP contribution is 2.29. The van der Waals surface area contributed by atoms with E-state index < -0.39 is 0 Å². The van der Waals surface area contributed by atoms with Crippen LogP contribution in [0.5, 0.6) is 0 Å². The van der Waals surface area contributed by atoms with Crippen molar-refractivity contribution in [1.82, 2.24) is 10.2 Å². The molecule has 1 aromatic carbocycles. The fourth-order valence-corrected chi connectivity index (χ4v) is 3.07. The van der Waals surface area contributed by atoms with Gasteiger partial charge in [0.2, 0.25) is 0 Å². The molecule has 2 N–H and O–H groups in total. The summed E-state index contributed by atoms with van der Waals surface area (Å²) >= 11 is 0. The molecule has 0 saturated heterocycles. The van der Waals surface area contributed by atoms with E-state index in [0.29, 0.717) is 6.04 Å². The molecule has 1 aliphatic carbocycles. The molecule has 3 heteroatoms. The van der Waals surface area contributed by atoms with Gasteiger partial charge in [0.25, 0.3) is 0 Å². The first-order chi connectivity index (χ1) is 10.2. The van der Waals surface area contributed by atoms with Gasteiger partial charge in [-0.05, 0) is 44.3 Å². The Labute approximate surface area is 129 Å². The number of aliphatic hydroxyl groups excluding tert-OH is 1. The molecular formula is C18H30N2O. The van der Waals surface area contributed by atoms with Crippen molar-refractivity contribution >= 4 is 0 Å². The Bertz CT molecular complexity index is 399. The molecule has 2 rings (SSSR count). The van der Waals surface area contributed by atoms with Gasteiger partial charge in [-0.3, -0.25) is 0 Å². The van der Waals surface area contributed by atoms with Gasteiger partial charge in [-0.1, -0.05) is 44.2 Å². The number of aliphatic hydroxyl groups is 1. The summed E-state index contributed by atoms with van der Waals surface area (Å²) < 4.78 is 0. The van der Waals surface area contributed by atoms with Crippen molar-refractivity contribution in [3.05, 3.63) is 35.9 Å². The first-order valence-electron chi connectivity index (χ1n) is 8.40. The van der Waals surface area contributed by atoms with Gasteiger partial charge in [-0.15, -0.1) is 0 Å². The first-order valence-corrected chi connectivity index (χ1v) is 8.40. The molecule has 0 aliphatic heterocycles. The van der Waals surface area contributed by atoms with Gasteiger partial charge >= 0.3 is 0 Å². The molecule has 0 spiro atoms. The fraction of sp³-hybridized carbons (Fsp3) is 0.667. The van der Waals surface area contributed by atoms with Crippen LogP contribution in [0.4, 0.5) is 0 Å². The third kappa shape index (κ3) is 4.53. The molecule has 21 heavy (non-hydrogen) atoms. The monoisotopic (exact) mass is 290 g/mol. The minimum atomic E-state index is -0.327. The number of hydrogen-bond donors (Lipinski definition) is 2. The molecule has 1 aliphatic rings. The van der Waals surface area contributed by atoms with E-state index in [1.807, 2.05) is 6.07 Å². The van der Waals surface area contributed by atoms with Gasteiger partial charge in [-0.25, -0.2) is 0 Å². The Hall–Kier alpha value is -0.900. The smallest absolute Gasteiger partial charge is 0.0799 e. The number of nitrogens with one attached hydrogen (secondary N) is 1. The zero-order valence-corrected chi connectivity index (χ0v) is 13.5. The van der Waals surface area contributed by atoms with Crippen molar-refractivity contribution in [1.29, 1.82) is 0 Å². The molecule has 0 bridgehead atoms. The van der Waals surface area contributed by atoms with Crippen LogP contribution in [0.3, 0.4) is 0 Å². The van der Waals surface area contributed by atoms with Crippen molar-refractivity contribution < 1.29 is 5.11 Å². The summed E-state index contributed by atoms with van der Waals surface area (Å²) in [6.45, 7) is 7.66. The van der Waals surface area contributed by atoms with Gasteiger partial charge in [0.15, 0.2) is 0 Å². The highest BCUT2D eigenvalue weighted by atomic mass is 16.3. The number of hydrogen-bond acceptors (Lipinski definition) is 3. The molecule has 0 aromatic heterocycles. The van der Waals surface area contributed by atoms with Crippen LogP contribution >= 0.6 is 0 Å². The van der Waals surface area contributed by atoms with Crippen LogP contribution in [0.2, 0.25) is 0 Å². The second kappa shape index (κ2) is 7.92. The van der Waals surface area contributed by atoms with Crippen LogP contribution in [0.25, 0.3) is 0 Å². The quantitative estimate of drug-likeness (QED) is 0.695. The third-order valence-corrected chi connectivity index (χ3v) is 4.23. The number of benzene rings is 1. The molecule has 1 fully saturated rings. The molecular weight excluding hydrogens is 260 g/mol. The summed E-state index contributed by atoms with van der Waals surface area (Å²) in [5, 5.41) is 13.9. The van der Waals surface area contributed by atoms with E-state index >= 15 is 0 Å². The lowest BCUT2D eigenvalue weighted by Gasteiger charge is -2.39. The van der Waals surface area contributed by atoms with E-state index in [2.05, 4.69) is 48.3 Å².